The number of hydrogen-bond donors (Lipinski definition) is 0. The van der Waals surface area contributed by atoms with Gasteiger partial charge in [0.25, 0.3) is 0 Å². The summed E-state index contributed by atoms with van der Waals surface area (Å²) in [6.45, 7) is 6.67. The molecule has 0 radical (unpaired) electrons. The van der Waals surface area contributed by atoms with E-state index >= 15 is 0 Å². The Morgan fingerprint density at radius 3 is 2.59 bits per heavy atom. The van der Waals surface area contributed by atoms with Crippen molar-refractivity contribution in [3.05, 3.63) is 42.7 Å². The molecule has 0 spiro atoms. The maximum Gasteiger partial charge on any atom is 0.410 e. The van der Waals surface area contributed by atoms with Crippen LogP contribution < -0.4 is 4.74 Å². The molecule has 0 saturated carbocycles. The highest BCUT2D eigenvalue weighted by Gasteiger charge is 2.27. The van der Waals surface area contributed by atoms with Gasteiger partial charge in [-0.05, 0) is 51.0 Å². The second-order valence-corrected chi connectivity index (χ2v) is 8.42. The first kappa shape index (κ1) is 21.8. The highest BCUT2D eigenvalue weighted by molar-refractivity contribution is 5.80. The second-order valence-electron chi connectivity index (χ2n) is 8.42. The first-order valence-corrected chi connectivity index (χ1v) is 11.2. The molecule has 0 unspecified atom stereocenters. The highest BCUT2D eigenvalue weighted by Crippen LogP contribution is 2.31. The molecule has 11 nitrogen and oxygen atoms in total. The van der Waals surface area contributed by atoms with Gasteiger partial charge < -0.3 is 18.9 Å². The molecular formula is C23H25N7O4. The van der Waals surface area contributed by atoms with Crippen LogP contribution in [0.3, 0.4) is 0 Å². The zero-order chi connectivity index (χ0) is 23.7. The van der Waals surface area contributed by atoms with Gasteiger partial charge in [0.2, 0.25) is 17.6 Å². The molecule has 1 aliphatic heterocycles. The van der Waals surface area contributed by atoms with Crippen molar-refractivity contribution in [3.8, 4) is 23.0 Å². The van der Waals surface area contributed by atoms with Crippen molar-refractivity contribution in [1.82, 2.24) is 34.8 Å². The van der Waals surface area contributed by atoms with E-state index in [1.54, 1.807) is 18.0 Å². The molecule has 5 rings (SSSR count). The van der Waals surface area contributed by atoms with Gasteiger partial charge in [0.05, 0.1) is 18.3 Å². The van der Waals surface area contributed by atoms with E-state index in [1.807, 2.05) is 42.8 Å². The van der Waals surface area contributed by atoms with Crippen molar-refractivity contribution in [2.75, 3.05) is 13.1 Å². The van der Waals surface area contributed by atoms with Gasteiger partial charge in [-0.1, -0.05) is 5.16 Å². The number of carbonyl (C=O) groups is 1. The van der Waals surface area contributed by atoms with E-state index in [2.05, 4.69) is 25.2 Å². The Labute approximate surface area is 195 Å². The third kappa shape index (κ3) is 4.41. The van der Waals surface area contributed by atoms with Crippen molar-refractivity contribution in [3.63, 3.8) is 0 Å². The number of carbonyl (C=O) groups excluding carboxylic acids is 1. The van der Waals surface area contributed by atoms with Gasteiger partial charge in [-0.15, -0.1) is 0 Å². The summed E-state index contributed by atoms with van der Waals surface area (Å²) < 4.78 is 18.3. The number of nitrogens with zero attached hydrogens (tertiary/aromatic N) is 7. The van der Waals surface area contributed by atoms with Crippen LogP contribution in [0.25, 0.3) is 22.4 Å². The van der Waals surface area contributed by atoms with Crippen LogP contribution in [0.15, 0.2) is 41.3 Å². The first-order chi connectivity index (χ1) is 16.5. The number of aryl methyl sites for hydroxylation is 1. The standard InChI is InChI=1S/C23H25N7O4/c1-14(2)32-23(31)29-10-8-17(9-11-29)30-21-19(12-26-30)22(25-13-24-21)33-18-6-4-16(5-7-18)20-27-15(3)34-28-20/h4-7,12-14,17H,8-11H2,1-3H3. The number of benzene rings is 1. The van der Waals surface area contributed by atoms with Gasteiger partial charge in [-0.3, -0.25) is 0 Å². The quantitative estimate of drug-likeness (QED) is 0.429. The molecule has 1 aliphatic rings. The number of aromatic nitrogens is 6. The van der Waals surface area contributed by atoms with Crippen molar-refractivity contribution in [2.45, 2.75) is 45.8 Å². The Kier molecular flexibility index (Phi) is 5.83. The molecule has 1 fully saturated rings. The predicted molar refractivity (Wildman–Crippen MR) is 121 cm³/mol. The summed E-state index contributed by atoms with van der Waals surface area (Å²) in [6.07, 6.45) is 4.33. The van der Waals surface area contributed by atoms with Crippen molar-refractivity contribution in [1.29, 1.82) is 0 Å². The van der Waals surface area contributed by atoms with Gasteiger partial charge in [0.15, 0.2) is 5.65 Å². The summed E-state index contributed by atoms with van der Waals surface area (Å²) in [5.41, 5.74) is 1.53. The summed E-state index contributed by atoms with van der Waals surface area (Å²) >= 11 is 0. The Bertz CT molecular complexity index is 1290. The van der Waals surface area contributed by atoms with E-state index in [0.29, 0.717) is 42.1 Å². The average Bonchev–Trinajstić information content (AvgIpc) is 3.46. The van der Waals surface area contributed by atoms with Crippen LogP contribution in [-0.2, 0) is 4.74 Å². The molecule has 0 N–H and O–H groups in total. The summed E-state index contributed by atoms with van der Waals surface area (Å²) in [7, 11) is 0. The summed E-state index contributed by atoms with van der Waals surface area (Å²) in [5, 5.41) is 9.22. The number of likely N-dealkylation sites (tertiary alicyclic amines) is 1. The average molecular weight is 463 g/mol. The largest absolute Gasteiger partial charge is 0.447 e. The van der Waals surface area contributed by atoms with Crippen LogP contribution in [-0.4, -0.2) is 60.1 Å². The molecule has 1 amide bonds. The van der Waals surface area contributed by atoms with Crippen LogP contribution in [0.1, 0.15) is 38.6 Å². The van der Waals surface area contributed by atoms with E-state index in [4.69, 9.17) is 14.0 Å². The Morgan fingerprint density at radius 2 is 1.91 bits per heavy atom. The van der Waals surface area contributed by atoms with Crippen molar-refractivity contribution >= 4 is 17.1 Å². The first-order valence-electron chi connectivity index (χ1n) is 11.2. The maximum atomic E-state index is 12.2. The van der Waals surface area contributed by atoms with E-state index in [0.717, 1.165) is 23.8 Å². The lowest BCUT2D eigenvalue weighted by Crippen LogP contribution is -2.40. The third-order valence-corrected chi connectivity index (χ3v) is 5.61. The minimum atomic E-state index is -0.266. The van der Waals surface area contributed by atoms with Gasteiger partial charge >= 0.3 is 6.09 Å². The number of piperidine rings is 1. The number of hydrogen-bond acceptors (Lipinski definition) is 9. The van der Waals surface area contributed by atoms with E-state index in [9.17, 15) is 4.79 Å². The fraction of sp³-hybridized carbons (Fsp3) is 0.391. The van der Waals surface area contributed by atoms with Crippen molar-refractivity contribution in [2.24, 2.45) is 0 Å². The monoisotopic (exact) mass is 463 g/mol. The number of rotatable bonds is 5. The zero-order valence-electron chi connectivity index (χ0n) is 19.2. The lowest BCUT2D eigenvalue weighted by molar-refractivity contribution is 0.0656. The van der Waals surface area contributed by atoms with Crippen LogP contribution in [0, 0.1) is 6.92 Å². The topological polar surface area (TPSA) is 121 Å². The smallest absolute Gasteiger partial charge is 0.410 e. The van der Waals surface area contributed by atoms with Crippen LogP contribution in [0.2, 0.25) is 0 Å². The fourth-order valence-corrected chi connectivity index (χ4v) is 3.96. The number of ether oxygens (including phenoxy) is 2. The molecule has 176 valence electrons. The van der Waals surface area contributed by atoms with Crippen LogP contribution >= 0.6 is 0 Å². The Balaban J connectivity index is 1.30. The lowest BCUT2D eigenvalue weighted by atomic mass is 10.1. The molecule has 0 atom stereocenters. The van der Waals surface area contributed by atoms with Crippen LogP contribution in [0.5, 0.6) is 11.6 Å². The zero-order valence-corrected chi connectivity index (χ0v) is 19.2. The Morgan fingerprint density at radius 1 is 1.15 bits per heavy atom. The van der Waals surface area contributed by atoms with Gasteiger partial charge in [0.1, 0.15) is 17.5 Å². The molecular weight excluding hydrogens is 438 g/mol. The number of amides is 1. The minimum Gasteiger partial charge on any atom is -0.447 e. The van der Waals surface area contributed by atoms with Crippen LogP contribution in [0.4, 0.5) is 4.79 Å². The Hall–Kier alpha value is -4.02. The van der Waals surface area contributed by atoms with Gasteiger partial charge in [0, 0.05) is 25.6 Å². The van der Waals surface area contributed by atoms with E-state index < -0.39 is 0 Å². The SMILES string of the molecule is Cc1nc(-c2ccc(Oc3ncnc4c3cnn4C3CCN(C(=O)OC(C)C)CC3)cc2)no1. The molecule has 11 heteroatoms. The van der Waals surface area contributed by atoms with Gasteiger partial charge in [-0.2, -0.15) is 10.1 Å². The second kappa shape index (κ2) is 9.08. The molecule has 3 aromatic heterocycles. The molecule has 1 aromatic carbocycles. The molecule has 34 heavy (non-hydrogen) atoms. The van der Waals surface area contributed by atoms with E-state index in [1.165, 1.54) is 6.33 Å². The number of fused-ring (bicyclic) bond motifs is 1. The highest BCUT2D eigenvalue weighted by atomic mass is 16.6. The molecule has 4 aromatic rings. The fourth-order valence-electron chi connectivity index (χ4n) is 3.96. The molecule has 0 bridgehead atoms. The lowest BCUT2D eigenvalue weighted by Gasteiger charge is -2.31. The van der Waals surface area contributed by atoms with E-state index in [-0.39, 0.29) is 18.2 Å². The summed E-state index contributed by atoms with van der Waals surface area (Å²) in [4.78, 5) is 26.9. The van der Waals surface area contributed by atoms with Gasteiger partial charge in [-0.25, -0.2) is 19.4 Å². The molecule has 0 aliphatic carbocycles. The normalized spacial score (nSPS) is 14.6. The molecule has 4 heterocycles. The molecule has 1 saturated heterocycles. The summed E-state index contributed by atoms with van der Waals surface area (Å²) in [5.74, 6) is 2.08. The minimum absolute atomic E-state index is 0.126. The maximum absolute atomic E-state index is 12.2. The summed E-state index contributed by atoms with van der Waals surface area (Å²) in [6, 6.07) is 7.50. The predicted octanol–water partition coefficient (Wildman–Crippen LogP) is 4.16. The third-order valence-electron chi connectivity index (χ3n) is 5.61. The van der Waals surface area contributed by atoms with Crippen molar-refractivity contribution < 1.29 is 18.8 Å².